The summed E-state index contributed by atoms with van der Waals surface area (Å²) >= 11 is 5.96. The number of carbonyl (C=O) groups excluding carboxylic acids is 1. The highest BCUT2D eigenvalue weighted by molar-refractivity contribution is 6.30. The van der Waals surface area contributed by atoms with E-state index in [2.05, 4.69) is 5.32 Å². The Hall–Kier alpha value is -1.06. The predicted molar refractivity (Wildman–Crippen MR) is 73.5 cm³/mol. The number of nitrogens with zero attached hydrogens (tertiary/aromatic N) is 1. The molecule has 1 amide bonds. The third kappa shape index (κ3) is 3.24. The number of halogens is 1. The molecule has 1 aromatic rings. The summed E-state index contributed by atoms with van der Waals surface area (Å²) in [5, 5.41) is 3.96. The molecule has 0 saturated carbocycles. The molecule has 0 radical (unpaired) electrons. The zero-order chi connectivity index (χ0) is 13.0. The van der Waals surface area contributed by atoms with Crippen LogP contribution in [0.4, 0.5) is 0 Å². The molecule has 1 saturated heterocycles. The van der Waals surface area contributed by atoms with E-state index in [0.717, 1.165) is 36.6 Å². The molecule has 1 heterocycles. The van der Waals surface area contributed by atoms with Crippen LogP contribution in [0.2, 0.25) is 5.02 Å². The second kappa shape index (κ2) is 6.21. The van der Waals surface area contributed by atoms with Gasteiger partial charge in [0.25, 0.3) is 0 Å². The van der Waals surface area contributed by atoms with Crippen LogP contribution in [0.25, 0.3) is 0 Å². The Bertz CT molecular complexity index is 416. The van der Waals surface area contributed by atoms with Gasteiger partial charge in [0.2, 0.25) is 5.91 Å². The van der Waals surface area contributed by atoms with Crippen molar-refractivity contribution in [2.75, 3.05) is 19.6 Å². The number of hydrogen-bond donors (Lipinski definition) is 1. The molecule has 1 aliphatic heterocycles. The van der Waals surface area contributed by atoms with Gasteiger partial charge in [-0.15, -0.1) is 0 Å². The minimum absolute atomic E-state index is 0.143. The van der Waals surface area contributed by atoms with Crippen LogP contribution in [0.5, 0.6) is 0 Å². The Kier molecular flexibility index (Phi) is 4.61. The molecule has 18 heavy (non-hydrogen) atoms. The normalized spacial score (nSPS) is 18.9. The van der Waals surface area contributed by atoms with Crippen LogP contribution >= 0.6 is 11.6 Å². The zero-order valence-corrected chi connectivity index (χ0v) is 11.4. The molecule has 1 aliphatic rings. The van der Waals surface area contributed by atoms with Gasteiger partial charge in [-0.1, -0.05) is 23.7 Å². The zero-order valence-electron chi connectivity index (χ0n) is 10.7. The van der Waals surface area contributed by atoms with Crippen molar-refractivity contribution >= 4 is 17.5 Å². The minimum atomic E-state index is 0.143. The summed E-state index contributed by atoms with van der Waals surface area (Å²) in [6, 6.07) is 7.70. The van der Waals surface area contributed by atoms with Gasteiger partial charge in [0.15, 0.2) is 0 Å². The minimum Gasteiger partial charge on any atom is -0.338 e. The molecule has 3 nitrogen and oxygen atoms in total. The molecule has 0 aromatic heterocycles. The lowest BCUT2D eigenvalue weighted by Crippen LogP contribution is -2.36. The maximum absolute atomic E-state index is 12.3. The van der Waals surface area contributed by atoms with Crippen molar-refractivity contribution in [3.63, 3.8) is 0 Å². The van der Waals surface area contributed by atoms with Gasteiger partial charge in [-0.3, -0.25) is 4.79 Å². The lowest BCUT2D eigenvalue weighted by atomic mass is 10.1. The summed E-state index contributed by atoms with van der Waals surface area (Å²) < 4.78 is 0. The van der Waals surface area contributed by atoms with Crippen LogP contribution in [0.15, 0.2) is 24.3 Å². The van der Waals surface area contributed by atoms with Crippen molar-refractivity contribution in [2.24, 2.45) is 5.92 Å². The number of amides is 1. The number of hydrogen-bond acceptors (Lipinski definition) is 2. The van der Waals surface area contributed by atoms with E-state index in [4.69, 9.17) is 11.6 Å². The quantitative estimate of drug-likeness (QED) is 0.907. The Balaban J connectivity index is 2.02. The third-order valence-electron chi connectivity index (χ3n) is 3.37. The van der Waals surface area contributed by atoms with E-state index in [1.165, 1.54) is 0 Å². The van der Waals surface area contributed by atoms with Gasteiger partial charge < -0.3 is 10.2 Å². The Labute approximate surface area is 113 Å². The number of carbonyl (C=O) groups is 1. The Morgan fingerprint density at radius 3 is 3.00 bits per heavy atom. The van der Waals surface area contributed by atoms with E-state index < -0.39 is 0 Å². The molecular weight excluding hydrogens is 248 g/mol. The van der Waals surface area contributed by atoms with E-state index in [1.807, 2.05) is 36.1 Å². The first-order valence-electron chi connectivity index (χ1n) is 6.44. The highest BCUT2D eigenvalue weighted by Crippen LogP contribution is 2.16. The van der Waals surface area contributed by atoms with Gasteiger partial charge in [-0.25, -0.2) is 0 Å². The largest absolute Gasteiger partial charge is 0.338 e. The molecule has 0 spiro atoms. The number of benzene rings is 1. The lowest BCUT2D eigenvalue weighted by Gasteiger charge is -2.24. The molecule has 0 aliphatic carbocycles. The molecule has 1 atom stereocenters. The summed E-state index contributed by atoms with van der Waals surface area (Å²) in [5.41, 5.74) is 1.09. The second-order valence-electron chi connectivity index (χ2n) is 4.67. The van der Waals surface area contributed by atoms with Crippen LogP contribution in [-0.2, 0) is 11.3 Å². The van der Waals surface area contributed by atoms with Crippen molar-refractivity contribution < 1.29 is 4.79 Å². The summed E-state index contributed by atoms with van der Waals surface area (Å²) in [7, 11) is 0. The van der Waals surface area contributed by atoms with Crippen molar-refractivity contribution in [3.8, 4) is 0 Å². The monoisotopic (exact) mass is 266 g/mol. The number of rotatable bonds is 4. The molecule has 0 bridgehead atoms. The van der Waals surface area contributed by atoms with Gasteiger partial charge in [-0.2, -0.15) is 0 Å². The van der Waals surface area contributed by atoms with Crippen LogP contribution in [-0.4, -0.2) is 30.4 Å². The molecule has 1 aromatic carbocycles. The molecular formula is C14H19ClN2O. The Morgan fingerprint density at radius 2 is 2.39 bits per heavy atom. The molecule has 1 unspecified atom stereocenters. The summed E-state index contributed by atoms with van der Waals surface area (Å²) in [5.74, 6) is 0.395. The molecule has 1 fully saturated rings. The average Bonchev–Trinajstić information content (AvgIpc) is 2.89. The topological polar surface area (TPSA) is 32.3 Å². The molecule has 2 rings (SSSR count). The second-order valence-corrected chi connectivity index (χ2v) is 5.11. The fraction of sp³-hybridized carbons (Fsp3) is 0.500. The third-order valence-corrected chi connectivity index (χ3v) is 3.60. The van der Waals surface area contributed by atoms with Gasteiger partial charge in [0, 0.05) is 24.7 Å². The molecule has 1 N–H and O–H groups in total. The first-order valence-corrected chi connectivity index (χ1v) is 6.82. The van der Waals surface area contributed by atoms with Crippen molar-refractivity contribution in [2.45, 2.75) is 19.9 Å². The SMILES string of the molecule is CCN(Cc1cccc(Cl)c1)C(=O)C1CCNC1. The van der Waals surface area contributed by atoms with Crippen LogP contribution in [0.1, 0.15) is 18.9 Å². The van der Waals surface area contributed by atoms with E-state index in [0.29, 0.717) is 6.54 Å². The number of nitrogens with one attached hydrogen (secondary N) is 1. The maximum atomic E-state index is 12.3. The summed E-state index contributed by atoms with van der Waals surface area (Å²) in [4.78, 5) is 14.2. The highest BCUT2D eigenvalue weighted by atomic mass is 35.5. The highest BCUT2D eigenvalue weighted by Gasteiger charge is 2.26. The van der Waals surface area contributed by atoms with Crippen LogP contribution in [0, 0.1) is 5.92 Å². The molecule has 4 heteroatoms. The standard InChI is InChI=1S/C14H19ClN2O/c1-2-17(14(18)12-6-7-16-9-12)10-11-4-3-5-13(15)8-11/h3-5,8,12,16H,2,6-7,9-10H2,1H3. The van der Waals surface area contributed by atoms with Gasteiger partial charge in [0.1, 0.15) is 0 Å². The lowest BCUT2D eigenvalue weighted by molar-refractivity contribution is -0.135. The first-order chi connectivity index (χ1) is 8.70. The van der Waals surface area contributed by atoms with Crippen LogP contribution < -0.4 is 5.32 Å². The Morgan fingerprint density at radius 1 is 1.56 bits per heavy atom. The van der Waals surface area contributed by atoms with E-state index >= 15 is 0 Å². The van der Waals surface area contributed by atoms with E-state index in [1.54, 1.807) is 0 Å². The van der Waals surface area contributed by atoms with E-state index in [9.17, 15) is 4.79 Å². The van der Waals surface area contributed by atoms with E-state index in [-0.39, 0.29) is 11.8 Å². The van der Waals surface area contributed by atoms with Gasteiger partial charge >= 0.3 is 0 Å². The fourth-order valence-electron chi connectivity index (χ4n) is 2.32. The van der Waals surface area contributed by atoms with Crippen molar-refractivity contribution in [3.05, 3.63) is 34.9 Å². The smallest absolute Gasteiger partial charge is 0.227 e. The summed E-state index contributed by atoms with van der Waals surface area (Å²) in [6.07, 6.45) is 0.949. The van der Waals surface area contributed by atoms with Crippen molar-refractivity contribution in [1.29, 1.82) is 0 Å². The fourth-order valence-corrected chi connectivity index (χ4v) is 2.54. The van der Waals surface area contributed by atoms with Gasteiger partial charge in [-0.05, 0) is 37.6 Å². The van der Waals surface area contributed by atoms with Crippen LogP contribution in [0.3, 0.4) is 0 Å². The maximum Gasteiger partial charge on any atom is 0.227 e. The predicted octanol–water partition coefficient (Wildman–Crippen LogP) is 2.30. The van der Waals surface area contributed by atoms with Crippen molar-refractivity contribution in [1.82, 2.24) is 10.2 Å². The van der Waals surface area contributed by atoms with Gasteiger partial charge in [0.05, 0.1) is 5.92 Å². The first kappa shape index (κ1) is 13.4. The summed E-state index contributed by atoms with van der Waals surface area (Å²) in [6.45, 7) is 5.16. The average molecular weight is 267 g/mol. The molecule has 98 valence electrons.